The summed E-state index contributed by atoms with van der Waals surface area (Å²) in [5, 5.41) is 9.58. The highest BCUT2D eigenvalue weighted by Gasteiger charge is 2.41. The van der Waals surface area contributed by atoms with Crippen LogP contribution in [0.3, 0.4) is 0 Å². The van der Waals surface area contributed by atoms with Gasteiger partial charge in [0.05, 0.1) is 18.1 Å². The Morgan fingerprint density at radius 2 is 2.00 bits per heavy atom. The van der Waals surface area contributed by atoms with Crippen molar-refractivity contribution < 1.29 is 14.6 Å². The van der Waals surface area contributed by atoms with Crippen molar-refractivity contribution in [3.8, 4) is 0 Å². The molecule has 19 heavy (non-hydrogen) atoms. The molecule has 0 bridgehead atoms. The van der Waals surface area contributed by atoms with Gasteiger partial charge in [-0.05, 0) is 52.5 Å². The van der Waals surface area contributed by atoms with Crippen molar-refractivity contribution in [1.82, 2.24) is 4.90 Å². The van der Waals surface area contributed by atoms with E-state index in [9.17, 15) is 9.90 Å². The van der Waals surface area contributed by atoms with E-state index in [1.165, 1.54) is 0 Å². The average molecular weight is 271 g/mol. The van der Waals surface area contributed by atoms with Crippen LogP contribution >= 0.6 is 0 Å². The highest BCUT2D eigenvalue weighted by molar-refractivity contribution is 5.75. The van der Waals surface area contributed by atoms with Crippen molar-refractivity contribution in [2.24, 2.45) is 11.3 Å². The third-order valence-electron chi connectivity index (χ3n) is 4.18. The topological polar surface area (TPSA) is 49.8 Å². The van der Waals surface area contributed by atoms with Crippen LogP contribution in [0.2, 0.25) is 0 Å². The van der Waals surface area contributed by atoms with Crippen molar-refractivity contribution in [3.05, 3.63) is 0 Å². The van der Waals surface area contributed by atoms with Gasteiger partial charge in [-0.15, -0.1) is 0 Å². The Hall–Kier alpha value is -0.610. The molecule has 112 valence electrons. The largest absolute Gasteiger partial charge is 0.481 e. The summed E-state index contributed by atoms with van der Waals surface area (Å²) in [5.41, 5.74) is -0.543. The summed E-state index contributed by atoms with van der Waals surface area (Å²) >= 11 is 0. The molecule has 0 aliphatic heterocycles. The van der Waals surface area contributed by atoms with Crippen LogP contribution < -0.4 is 0 Å². The molecule has 0 aromatic heterocycles. The Labute approximate surface area is 117 Å². The predicted molar refractivity (Wildman–Crippen MR) is 76.3 cm³/mol. The molecule has 1 rings (SSSR count). The van der Waals surface area contributed by atoms with Crippen LogP contribution in [0.4, 0.5) is 0 Å². The standard InChI is InChI=1S/C15H29NO3/c1-12(2)19-10-9-16(4)11-15(14(17)18)7-5-13(3)6-8-15/h12-13H,5-11H2,1-4H3,(H,17,18). The van der Waals surface area contributed by atoms with E-state index < -0.39 is 11.4 Å². The Bertz CT molecular complexity index is 283. The maximum atomic E-state index is 11.6. The number of carbonyl (C=O) groups is 1. The van der Waals surface area contributed by atoms with Crippen LogP contribution in [0.1, 0.15) is 46.5 Å². The van der Waals surface area contributed by atoms with Gasteiger partial charge in [0.25, 0.3) is 0 Å². The monoisotopic (exact) mass is 271 g/mol. The van der Waals surface area contributed by atoms with E-state index in [1.807, 2.05) is 20.9 Å². The number of rotatable bonds is 7. The number of hydrogen-bond donors (Lipinski definition) is 1. The van der Waals surface area contributed by atoms with Crippen LogP contribution in [0.25, 0.3) is 0 Å². The van der Waals surface area contributed by atoms with Gasteiger partial charge in [-0.3, -0.25) is 4.79 Å². The molecule has 4 nitrogen and oxygen atoms in total. The lowest BCUT2D eigenvalue weighted by Crippen LogP contribution is -2.45. The number of ether oxygens (including phenoxy) is 1. The molecular formula is C15H29NO3. The highest BCUT2D eigenvalue weighted by Crippen LogP contribution is 2.39. The Balaban J connectivity index is 2.47. The van der Waals surface area contributed by atoms with Gasteiger partial charge >= 0.3 is 5.97 Å². The molecule has 1 saturated carbocycles. The zero-order valence-corrected chi connectivity index (χ0v) is 12.8. The summed E-state index contributed by atoms with van der Waals surface area (Å²) in [6, 6.07) is 0. The smallest absolute Gasteiger partial charge is 0.310 e. The van der Waals surface area contributed by atoms with Gasteiger partial charge in [-0.1, -0.05) is 6.92 Å². The van der Waals surface area contributed by atoms with Crippen LogP contribution in [0.5, 0.6) is 0 Å². The van der Waals surface area contributed by atoms with Crippen molar-refractivity contribution >= 4 is 5.97 Å². The average Bonchev–Trinajstić information content (AvgIpc) is 2.31. The van der Waals surface area contributed by atoms with Crippen molar-refractivity contribution in [2.75, 3.05) is 26.7 Å². The maximum absolute atomic E-state index is 11.6. The number of likely N-dealkylation sites (N-methyl/N-ethyl adjacent to an activating group) is 1. The first-order valence-electron chi connectivity index (χ1n) is 7.39. The van der Waals surface area contributed by atoms with Crippen LogP contribution in [-0.4, -0.2) is 48.8 Å². The van der Waals surface area contributed by atoms with E-state index in [0.29, 0.717) is 19.1 Å². The lowest BCUT2D eigenvalue weighted by Gasteiger charge is -2.38. The zero-order valence-electron chi connectivity index (χ0n) is 12.8. The molecular weight excluding hydrogens is 242 g/mol. The normalized spacial score (nSPS) is 28.0. The van der Waals surface area contributed by atoms with E-state index in [2.05, 4.69) is 11.8 Å². The first-order chi connectivity index (χ1) is 8.85. The van der Waals surface area contributed by atoms with Gasteiger partial charge in [0.15, 0.2) is 0 Å². The first kappa shape index (κ1) is 16.4. The molecule has 1 aliphatic carbocycles. The highest BCUT2D eigenvalue weighted by atomic mass is 16.5. The number of aliphatic carboxylic acids is 1. The first-order valence-corrected chi connectivity index (χ1v) is 7.39. The molecule has 1 aliphatic rings. The SMILES string of the molecule is CC1CCC(CN(C)CCOC(C)C)(C(=O)O)CC1. The molecule has 0 aromatic rings. The van der Waals surface area contributed by atoms with Gasteiger partial charge in [0, 0.05) is 13.1 Å². The number of hydrogen-bond acceptors (Lipinski definition) is 3. The minimum Gasteiger partial charge on any atom is -0.481 e. The fourth-order valence-corrected chi connectivity index (χ4v) is 2.79. The van der Waals surface area contributed by atoms with Gasteiger partial charge in [-0.2, -0.15) is 0 Å². The van der Waals surface area contributed by atoms with Crippen LogP contribution in [0, 0.1) is 11.3 Å². The van der Waals surface area contributed by atoms with E-state index >= 15 is 0 Å². The van der Waals surface area contributed by atoms with E-state index in [0.717, 1.165) is 32.2 Å². The Kier molecular flexibility index (Phi) is 6.27. The van der Waals surface area contributed by atoms with E-state index in [-0.39, 0.29) is 6.10 Å². The fourth-order valence-electron chi connectivity index (χ4n) is 2.79. The third-order valence-corrected chi connectivity index (χ3v) is 4.18. The summed E-state index contributed by atoms with van der Waals surface area (Å²) in [7, 11) is 1.99. The summed E-state index contributed by atoms with van der Waals surface area (Å²) in [5.74, 6) is 0.0399. The second kappa shape index (κ2) is 7.25. The molecule has 1 fully saturated rings. The molecule has 0 spiro atoms. The Morgan fingerprint density at radius 1 is 1.42 bits per heavy atom. The van der Waals surface area contributed by atoms with Crippen molar-refractivity contribution in [2.45, 2.75) is 52.6 Å². The van der Waals surface area contributed by atoms with Crippen LogP contribution in [0.15, 0.2) is 0 Å². The molecule has 0 atom stereocenters. The molecule has 0 heterocycles. The summed E-state index contributed by atoms with van der Waals surface area (Å²) in [4.78, 5) is 13.7. The van der Waals surface area contributed by atoms with Gasteiger partial charge in [0.1, 0.15) is 0 Å². The van der Waals surface area contributed by atoms with E-state index in [4.69, 9.17) is 4.74 Å². The summed E-state index contributed by atoms with van der Waals surface area (Å²) < 4.78 is 5.52. The number of carboxylic acid groups (broad SMARTS) is 1. The second-order valence-corrected chi connectivity index (χ2v) is 6.43. The maximum Gasteiger partial charge on any atom is 0.310 e. The van der Waals surface area contributed by atoms with Gasteiger partial charge in [-0.25, -0.2) is 0 Å². The molecule has 0 amide bonds. The Morgan fingerprint density at radius 3 is 2.47 bits per heavy atom. The van der Waals surface area contributed by atoms with Gasteiger partial charge in [0.2, 0.25) is 0 Å². The molecule has 0 saturated heterocycles. The predicted octanol–water partition coefficient (Wildman–Crippen LogP) is 2.62. The van der Waals surface area contributed by atoms with E-state index in [1.54, 1.807) is 0 Å². The molecule has 0 unspecified atom stereocenters. The molecule has 1 N–H and O–H groups in total. The fraction of sp³-hybridized carbons (Fsp3) is 0.933. The second-order valence-electron chi connectivity index (χ2n) is 6.43. The third kappa shape index (κ3) is 5.11. The zero-order chi connectivity index (χ0) is 14.5. The summed E-state index contributed by atoms with van der Waals surface area (Å²) in [6.45, 7) is 8.34. The summed E-state index contributed by atoms with van der Waals surface area (Å²) in [6.07, 6.45) is 3.90. The van der Waals surface area contributed by atoms with Crippen molar-refractivity contribution in [3.63, 3.8) is 0 Å². The molecule has 0 radical (unpaired) electrons. The van der Waals surface area contributed by atoms with Gasteiger partial charge < -0.3 is 14.7 Å². The lowest BCUT2D eigenvalue weighted by molar-refractivity contribution is -0.153. The van der Waals surface area contributed by atoms with Crippen LogP contribution in [-0.2, 0) is 9.53 Å². The minimum atomic E-state index is -0.629. The number of carboxylic acids is 1. The van der Waals surface area contributed by atoms with Crippen molar-refractivity contribution in [1.29, 1.82) is 0 Å². The molecule has 0 aromatic carbocycles. The minimum absolute atomic E-state index is 0.234. The lowest BCUT2D eigenvalue weighted by atomic mass is 9.70. The molecule has 4 heteroatoms. The quantitative estimate of drug-likeness (QED) is 0.773. The number of nitrogens with zero attached hydrogens (tertiary/aromatic N) is 1.